The number of carbonyl (C=O) groups is 1. The smallest absolute Gasteiger partial charge is 0.335 e. The van der Waals surface area contributed by atoms with E-state index in [0.717, 1.165) is 5.56 Å². The maximum absolute atomic E-state index is 11.3. The minimum Gasteiger partial charge on any atom is -0.495 e. The second kappa shape index (κ2) is 7.17. The third-order valence-electron chi connectivity index (χ3n) is 3.32. The van der Waals surface area contributed by atoms with Crippen LogP contribution in [0.5, 0.6) is 5.75 Å². The summed E-state index contributed by atoms with van der Waals surface area (Å²) in [5.74, 6) is 5.85. The quantitative estimate of drug-likeness (QED) is 0.868. The molecule has 1 aliphatic rings. The molecule has 1 aliphatic carbocycles. The molecule has 1 aromatic rings. The summed E-state index contributed by atoms with van der Waals surface area (Å²) in [5, 5.41) is 9.23. The van der Waals surface area contributed by atoms with Crippen LogP contribution in [0, 0.1) is 11.8 Å². The lowest BCUT2D eigenvalue weighted by molar-refractivity contribution is -0.132. The Morgan fingerprint density at radius 3 is 2.74 bits per heavy atom. The Labute approximate surface area is 136 Å². The number of aliphatic carboxylic acids is 1. The van der Waals surface area contributed by atoms with Gasteiger partial charge < -0.3 is 14.6 Å². The third-order valence-corrected chi connectivity index (χ3v) is 3.32. The fourth-order valence-corrected chi connectivity index (χ4v) is 2.39. The van der Waals surface area contributed by atoms with Crippen LogP contribution in [0.4, 0.5) is 0 Å². The maximum atomic E-state index is 11.3. The van der Waals surface area contributed by atoms with Gasteiger partial charge >= 0.3 is 5.97 Å². The Kier molecular flexibility index (Phi) is 5.25. The molecule has 4 heteroatoms. The van der Waals surface area contributed by atoms with Gasteiger partial charge in [-0.1, -0.05) is 36.1 Å². The van der Waals surface area contributed by atoms with Crippen molar-refractivity contribution in [1.82, 2.24) is 0 Å². The van der Waals surface area contributed by atoms with Gasteiger partial charge in [0.1, 0.15) is 5.75 Å². The molecule has 1 aromatic carbocycles. The Morgan fingerprint density at radius 2 is 2.09 bits per heavy atom. The number of benzene rings is 1. The summed E-state index contributed by atoms with van der Waals surface area (Å²) < 4.78 is 11.2. The van der Waals surface area contributed by atoms with Gasteiger partial charge in [-0.3, -0.25) is 0 Å². The topological polar surface area (TPSA) is 55.8 Å². The highest BCUT2D eigenvalue weighted by Crippen LogP contribution is 2.27. The lowest BCUT2D eigenvalue weighted by atomic mass is 9.91. The summed E-state index contributed by atoms with van der Waals surface area (Å²) in [6, 6.07) is 7.44. The zero-order valence-electron chi connectivity index (χ0n) is 13.5. The van der Waals surface area contributed by atoms with Crippen LogP contribution < -0.4 is 4.74 Å². The molecular formula is C19H20O4. The van der Waals surface area contributed by atoms with Crippen LogP contribution in [-0.2, 0) is 9.53 Å². The van der Waals surface area contributed by atoms with Crippen molar-refractivity contribution in [2.24, 2.45) is 0 Å². The van der Waals surface area contributed by atoms with Crippen LogP contribution in [0.25, 0.3) is 0 Å². The number of ether oxygens (including phenoxy) is 2. The van der Waals surface area contributed by atoms with Gasteiger partial charge in [-0.05, 0) is 32.1 Å². The van der Waals surface area contributed by atoms with E-state index in [-0.39, 0.29) is 11.7 Å². The molecule has 2 rings (SSSR count). The van der Waals surface area contributed by atoms with Gasteiger partial charge in [-0.15, -0.1) is 0 Å². The number of methoxy groups -OCH3 is 1. The zero-order chi connectivity index (χ0) is 16.9. The van der Waals surface area contributed by atoms with Crippen molar-refractivity contribution in [1.29, 1.82) is 0 Å². The standard InChI is InChI=1S/C19H20O4/c1-14(2)23-19(11-6-8-16(13-19)18(20)21)12-10-15-7-4-5-9-17(15)22-3/h4-9,13-14H,11H2,1-3H3,(H,20,21). The predicted molar refractivity (Wildman–Crippen MR) is 88.3 cm³/mol. The Balaban J connectivity index is 2.44. The van der Waals surface area contributed by atoms with E-state index < -0.39 is 11.6 Å². The van der Waals surface area contributed by atoms with Gasteiger partial charge in [0.25, 0.3) is 0 Å². The molecule has 0 aromatic heterocycles. The number of carboxylic acids is 1. The van der Waals surface area contributed by atoms with Crippen LogP contribution >= 0.6 is 0 Å². The number of hydrogen-bond acceptors (Lipinski definition) is 3. The van der Waals surface area contributed by atoms with E-state index in [1.54, 1.807) is 25.3 Å². The second-order valence-electron chi connectivity index (χ2n) is 5.52. The normalized spacial score (nSPS) is 19.7. The highest BCUT2D eigenvalue weighted by molar-refractivity contribution is 5.90. The van der Waals surface area contributed by atoms with Crippen molar-refractivity contribution >= 4 is 5.97 Å². The van der Waals surface area contributed by atoms with Gasteiger partial charge in [0.15, 0.2) is 5.60 Å². The first kappa shape index (κ1) is 16.9. The molecule has 0 radical (unpaired) electrons. The fraction of sp³-hybridized carbons (Fsp3) is 0.316. The SMILES string of the molecule is COc1ccccc1C#CC1(OC(C)C)C=C(C(=O)O)C=CC1. The van der Waals surface area contributed by atoms with Gasteiger partial charge in [0.05, 0.1) is 24.4 Å². The van der Waals surface area contributed by atoms with E-state index in [0.29, 0.717) is 12.2 Å². The van der Waals surface area contributed by atoms with E-state index in [4.69, 9.17) is 9.47 Å². The maximum Gasteiger partial charge on any atom is 0.335 e. The van der Waals surface area contributed by atoms with E-state index in [2.05, 4.69) is 11.8 Å². The van der Waals surface area contributed by atoms with Gasteiger partial charge in [-0.25, -0.2) is 4.79 Å². The Morgan fingerprint density at radius 1 is 1.35 bits per heavy atom. The third kappa shape index (κ3) is 4.24. The second-order valence-corrected chi connectivity index (χ2v) is 5.52. The summed E-state index contributed by atoms with van der Waals surface area (Å²) in [5.41, 5.74) is -0.0231. The van der Waals surface area contributed by atoms with Crippen LogP contribution in [0.15, 0.2) is 48.1 Å². The molecule has 1 atom stereocenters. The molecule has 0 saturated heterocycles. The first-order valence-electron chi connectivity index (χ1n) is 7.42. The molecule has 0 fully saturated rings. The highest BCUT2D eigenvalue weighted by atomic mass is 16.5. The fourth-order valence-electron chi connectivity index (χ4n) is 2.39. The van der Waals surface area contributed by atoms with Gasteiger partial charge in [-0.2, -0.15) is 0 Å². The molecule has 1 N–H and O–H groups in total. The molecule has 0 spiro atoms. The predicted octanol–water partition coefficient (Wildman–Crippen LogP) is 3.18. The van der Waals surface area contributed by atoms with Crippen LogP contribution in [0.3, 0.4) is 0 Å². The van der Waals surface area contributed by atoms with E-state index in [1.165, 1.54) is 0 Å². The molecule has 1 unspecified atom stereocenters. The average molecular weight is 312 g/mol. The molecular weight excluding hydrogens is 292 g/mol. The van der Waals surface area contributed by atoms with Crippen molar-refractivity contribution in [3.8, 4) is 17.6 Å². The highest BCUT2D eigenvalue weighted by Gasteiger charge is 2.30. The van der Waals surface area contributed by atoms with E-state index in [1.807, 2.05) is 38.1 Å². The van der Waals surface area contributed by atoms with Crippen molar-refractivity contribution in [3.63, 3.8) is 0 Å². The largest absolute Gasteiger partial charge is 0.495 e. The van der Waals surface area contributed by atoms with Gasteiger partial charge in [0.2, 0.25) is 0 Å². The van der Waals surface area contributed by atoms with Crippen LogP contribution in [0.1, 0.15) is 25.8 Å². The van der Waals surface area contributed by atoms with E-state index >= 15 is 0 Å². The lowest BCUT2D eigenvalue weighted by Gasteiger charge is -2.29. The molecule has 120 valence electrons. The summed E-state index contributed by atoms with van der Waals surface area (Å²) >= 11 is 0. The monoisotopic (exact) mass is 312 g/mol. The molecule has 0 heterocycles. The summed E-state index contributed by atoms with van der Waals surface area (Å²) in [4.78, 5) is 11.3. The number of hydrogen-bond donors (Lipinski definition) is 1. The molecule has 23 heavy (non-hydrogen) atoms. The molecule has 4 nitrogen and oxygen atoms in total. The lowest BCUT2D eigenvalue weighted by Crippen LogP contribution is -2.33. The number of rotatable bonds is 4. The van der Waals surface area contributed by atoms with E-state index in [9.17, 15) is 9.90 Å². The van der Waals surface area contributed by atoms with Crippen molar-refractivity contribution in [3.05, 3.63) is 53.6 Å². The first-order valence-corrected chi connectivity index (χ1v) is 7.42. The molecule has 0 bridgehead atoms. The Bertz CT molecular complexity index is 704. The summed E-state index contributed by atoms with van der Waals surface area (Å²) in [7, 11) is 1.59. The van der Waals surface area contributed by atoms with Crippen LogP contribution in [0.2, 0.25) is 0 Å². The minimum absolute atomic E-state index is 0.0836. The zero-order valence-corrected chi connectivity index (χ0v) is 13.5. The van der Waals surface area contributed by atoms with Gasteiger partial charge in [0, 0.05) is 6.42 Å². The number of para-hydroxylation sites is 1. The minimum atomic E-state index is -0.989. The molecule has 0 aliphatic heterocycles. The summed E-state index contributed by atoms with van der Waals surface area (Å²) in [6.07, 6.45) is 5.36. The van der Waals surface area contributed by atoms with Crippen molar-refractivity contribution < 1.29 is 19.4 Å². The Hall–Kier alpha value is -2.51. The van der Waals surface area contributed by atoms with Crippen molar-refractivity contribution in [2.45, 2.75) is 32.0 Å². The first-order chi connectivity index (χ1) is 11.0. The number of carboxylic acid groups (broad SMARTS) is 1. The molecule has 0 amide bonds. The summed E-state index contributed by atoms with van der Waals surface area (Å²) in [6.45, 7) is 3.80. The average Bonchev–Trinajstić information content (AvgIpc) is 2.52. The molecule has 0 saturated carbocycles. The van der Waals surface area contributed by atoms with Crippen LogP contribution in [-0.4, -0.2) is 29.9 Å². The van der Waals surface area contributed by atoms with Crippen molar-refractivity contribution in [2.75, 3.05) is 7.11 Å².